The normalized spacial score (nSPS) is 23.6. The van der Waals surface area contributed by atoms with Gasteiger partial charge in [0.05, 0.1) is 0 Å². The van der Waals surface area contributed by atoms with Gasteiger partial charge in [0.2, 0.25) is 0 Å². The van der Waals surface area contributed by atoms with Gasteiger partial charge >= 0.3 is 0 Å². The van der Waals surface area contributed by atoms with E-state index in [2.05, 4.69) is 42.4 Å². The summed E-state index contributed by atoms with van der Waals surface area (Å²) in [6.07, 6.45) is 2.50. The summed E-state index contributed by atoms with van der Waals surface area (Å²) < 4.78 is 0. The lowest BCUT2D eigenvalue weighted by atomic mass is 9.79. The molecule has 86 valence electrons. The van der Waals surface area contributed by atoms with Crippen molar-refractivity contribution in [1.82, 2.24) is 10.2 Å². The highest BCUT2D eigenvalue weighted by Crippen LogP contribution is 2.45. The van der Waals surface area contributed by atoms with Crippen molar-refractivity contribution < 1.29 is 0 Å². The van der Waals surface area contributed by atoms with Crippen molar-refractivity contribution in [2.45, 2.75) is 31.8 Å². The molecule has 2 heteroatoms. The molecule has 1 spiro atoms. The Morgan fingerprint density at radius 1 is 1.25 bits per heavy atom. The van der Waals surface area contributed by atoms with Crippen LogP contribution in [-0.4, -0.2) is 25.0 Å². The van der Waals surface area contributed by atoms with Gasteiger partial charge in [-0.2, -0.15) is 0 Å². The number of hydrogen-bond acceptors (Lipinski definition) is 2. The highest BCUT2D eigenvalue weighted by atomic mass is 15.2. The minimum absolute atomic E-state index is 0.325. The Morgan fingerprint density at radius 2 is 2.00 bits per heavy atom. The van der Waals surface area contributed by atoms with E-state index in [1.165, 1.54) is 18.4 Å². The van der Waals surface area contributed by atoms with Crippen LogP contribution < -0.4 is 5.32 Å². The van der Waals surface area contributed by atoms with Crippen LogP contribution in [0.25, 0.3) is 0 Å². The number of benzene rings is 1. The Morgan fingerprint density at radius 3 is 2.75 bits per heavy atom. The first-order valence-corrected chi connectivity index (χ1v) is 6.25. The maximum Gasteiger partial charge on any atom is 0.0491 e. The van der Waals surface area contributed by atoms with Gasteiger partial charge < -0.3 is 5.32 Å². The van der Waals surface area contributed by atoms with Crippen LogP contribution in [0.4, 0.5) is 0 Å². The molecule has 16 heavy (non-hydrogen) atoms. The molecule has 2 aliphatic rings. The first-order chi connectivity index (χ1) is 7.74. The molecule has 1 N–H and O–H groups in total. The minimum atomic E-state index is 0.325. The van der Waals surface area contributed by atoms with Crippen molar-refractivity contribution in [2.24, 2.45) is 0 Å². The molecule has 0 radical (unpaired) electrons. The van der Waals surface area contributed by atoms with Gasteiger partial charge in [0.15, 0.2) is 0 Å². The van der Waals surface area contributed by atoms with Gasteiger partial charge in [-0.1, -0.05) is 18.2 Å². The van der Waals surface area contributed by atoms with Crippen molar-refractivity contribution >= 4 is 0 Å². The van der Waals surface area contributed by atoms with Crippen LogP contribution in [0, 0.1) is 6.92 Å². The zero-order valence-electron chi connectivity index (χ0n) is 10.2. The van der Waals surface area contributed by atoms with Gasteiger partial charge in [0, 0.05) is 12.1 Å². The summed E-state index contributed by atoms with van der Waals surface area (Å²) in [5, 5.41) is 3.48. The Labute approximate surface area is 97.6 Å². The molecule has 1 fully saturated rings. The van der Waals surface area contributed by atoms with Crippen molar-refractivity contribution in [3.63, 3.8) is 0 Å². The Hall–Kier alpha value is -0.860. The largest absolute Gasteiger partial charge is 0.317 e. The Balaban J connectivity index is 2.13. The van der Waals surface area contributed by atoms with E-state index >= 15 is 0 Å². The molecule has 0 amide bonds. The Kier molecular flexibility index (Phi) is 2.30. The summed E-state index contributed by atoms with van der Waals surface area (Å²) in [6.45, 7) is 5.69. The molecular formula is C14H20N2. The molecule has 3 rings (SSSR count). The van der Waals surface area contributed by atoms with E-state index in [0.717, 1.165) is 19.6 Å². The lowest BCUT2D eigenvalue weighted by molar-refractivity contribution is 0.0961. The summed E-state index contributed by atoms with van der Waals surface area (Å²) in [7, 11) is 2.28. The second kappa shape index (κ2) is 3.57. The fraction of sp³-hybridized carbons (Fsp3) is 0.571. The predicted molar refractivity (Wildman–Crippen MR) is 66.4 cm³/mol. The highest BCUT2D eigenvalue weighted by molar-refractivity contribution is 5.44. The fourth-order valence-electron chi connectivity index (χ4n) is 3.60. The number of piperidine rings is 1. The predicted octanol–water partition coefficient (Wildman–Crippen LogP) is 2.02. The molecule has 2 nitrogen and oxygen atoms in total. The summed E-state index contributed by atoms with van der Waals surface area (Å²) in [4.78, 5) is 2.56. The monoisotopic (exact) mass is 216 g/mol. The molecule has 0 atom stereocenters. The standard InChI is InChI=1S/C14H20N2/c1-11-4-3-5-12-10-16(2)14(13(11)12)6-8-15-9-7-14/h3-5,15H,6-10H2,1-2H3. The highest BCUT2D eigenvalue weighted by Gasteiger charge is 2.44. The molecule has 1 aromatic rings. The van der Waals surface area contributed by atoms with Crippen molar-refractivity contribution in [3.05, 3.63) is 34.9 Å². The Bertz CT molecular complexity index is 405. The molecule has 1 aromatic carbocycles. The summed E-state index contributed by atoms with van der Waals surface area (Å²) in [5.41, 5.74) is 4.97. The van der Waals surface area contributed by atoms with Gasteiger partial charge in [-0.05, 0) is 56.6 Å². The van der Waals surface area contributed by atoms with Crippen LogP contribution >= 0.6 is 0 Å². The number of fused-ring (bicyclic) bond motifs is 2. The van der Waals surface area contributed by atoms with E-state index in [1.54, 1.807) is 11.1 Å². The number of aryl methyl sites for hydroxylation is 1. The third-order valence-corrected chi connectivity index (χ3v) is 4.39. The molecule has 1 saturated heterocycles. The van der Waals surface area contributed by atoms with Crippen LogP contribution in [0.15, 0.2) is 18.2 Å². The van der Waals surface area contributed by atoms with Crippen molar-refractivity contribution in [2.75, 3.05) is 20.1 Å². The van der Waals surface area contributed by atoms with E-state index in [1.807, 2.05) is 0 Å². The summed E-state index contributed by atoms with van der Waals surface area (Å²) in [6, 6.07) is 6.76. The lowest BCUT2D eigenvalue weighted by Gasteiger charge is -2.41. The summed E-state index contributed by atoms with van der Waals surface area (Å²) >= 11 is 0. The molecule has 2 aliphatic heterocycles. The van der Waals surface area contributed by atoms with E-state index in [4.69, 9.17) is 0 Å². The molecule has 0 unspecified atom stereocenters. The number of rotatable bonds is 0. The maximum absolute atomic E-state index is 3.48. The van der Waals surface area contributed by atoms with Crippen LogP contribution in [0.2, 0.25) is 0 Å². The van der Waals surface area contributed by atoms with Gasteiger partial charge in [-0.25, -0.2) is 0 Å². The SMILES string of the molecule is Cc1cccc2c1C1(CCNCC1)N(C)C2. The molecular weight excluding hydrogens is 196 g/mol. The van der Waals surface area contributed by atoms with Crippen LogP contribution in [0.5, 0.6) is 0 Å². The third kappa shape index (κ3) is 1.26. The van der Waals surface area contributed by atoms with E-state index < -0.39 is 0 Å². The first kappa shape index (κ1) is 10.3. The second-order valence-corrected chi connectivity index (χ2v) is 5.25. The smallest absolute Gasteiger partial charge is 0.0491 e. The lowest BCUT2D eigenvalue weighted by Crippen LogP contribution is -2.47. The van der Waals surface area contributed by atoms with E-state index in [-0.39, 0.29) is 0 Å². The fourth-order valence-corrected chi connectivity index (χ4v) is 3.60. The van der Waals surface area contributed by atoms with Gasteiger partial charge in [-0.15, -0.1) is 0 Å². The van der Waals surface area contributed by atoms with Gasteiger partial charge in [0.1, 0.15) is 0 Å². The van der Waals surface area contributed by atoms with E-state index in [9.17, 15) is 0 Å². The van der Waals surface area contributed by atoms with Crippen LogP contribution in [0.3, 0.4) is 0 Å². The first-order valence-electron chi connectivity index (χ1n) is 6.25. The molecule has 0 bridgehead atoms. The third-order valence-electron chi connectivity index (χ3n) is 4.39. The van der Waals surface area contributed by atoms with Gasteiger partial charge in [0.25, 0.3) is 0 Å². The minimum Gasteiger partial charge on any atom is -0.317 e. The van der Waals surface area contributed by atoms with Gasteiger partial charge in [-0.3, -0.25) is 4.90 Å². The van der Waals surface area contributed by atoms with Crippen molar-refractivity contribution in [3.8, 4) is 0 Å². The molecule has 0 saturated carbocycles. The topological polar surface area (TPSA) is 15.3 Å². The average molecular weight is 216 g/mol. The zero-order chi connectivity index (χ0) is 11.2. The molecule has 2 heterocycles. The number of nitrogens with one attached hydrogen (secondary N) is 1. The van der Waals surface area contributed by atoms with Crippen LogP contribution in [0.1, 0.15) is 29.5 Å². The molecule has 0 aromatic heterocycles. The second-order valence-electron chi connectivity index (χ2n) is 5.25. The van der Waals surface area contributed by atoms with Crippen molar-refractivity contribution in [1.29, 1.82) is 0 Å². The zero-order valence-corrected chi connectivity index (χ0v) is 10.2. The van der Waals surface area contributed by atoms with E-state index in [0.29, 0.717) is 5.54 Å². The quantitative estimate of drug-likeness (QED) is 0.714. The van der Waals surface area contributed by atoms with Crippen LogP contribution in [-0.2, 0) is 12.1 Å². The maximum atomic E-state index is 3.48. The average Bonchev–Trinajstić information content (AvgIpc) is 2.55. The molecule has 0 aliphatic carbocycles. The number of hydrogen-bond donors (Lipinski definition) is 1. The summed E-state index contributed by atoms with van der Waals surface area (Å²) in [5.74, 6) is 0. The number of nitrogens with zero attached hydrogens (tertiary/aromatic N) is 1.